The van der Waals surface area contributed by atoms with E-state index in [1.807, 2.05) is 0 Å². The van der Waals surface area contributed by atoms with Crippen molar-refractivity contribution in [1.29, 1.82) is 0 Å². The van der Waals surface area contributed by atoms with Gasteiger partial charge >= 0.3 is 0 Å². The van der Waals surface area contributed by atoms with Gasteiger partial charge in [0.2, 0.25) is 21.9 Å². The van der Waals surface area contributed by atoms with E-state index in [-0.39, 0.29) is 17.1 Å². The minimum absolute atomic E-state index is 0.00699. The number of amides is 1. The van der Waals surface area contributed by atoms with Crippen LogP contribution in [0.3, 0.4) is 0 Å². The minimum atomic E-state index is -3.45. The third-order valence-corrected chi connectivity index (χ3v) is 6.77. The van der Waals surface area contributed by atoms with Crippen LogP contribution in [-0.4, -0.2) is 56.1 Å². The quantitative estimate of drug-likeness (QED) is 0.335. The average molecular weight is 374 g/mol. The van der Waals surface area contributed by atoms with Gasteiger partial charge in [0, 0.05) is 19.6 Å². The van der Waals surface area contributed by atoms with E-state index in [1.54, 1.807) is 4.90 Å². The van der Waals surface area contributed by atoms with E-state index in [0.29, 0.717) is 32.2 Å². The number of nitrogens with zero attached hydrogens (tertiary/aromatic N) is 2. The van der Waals surface area contributed by atoms with E-state index in [2.05, 4.69) is 9.71 Å². The predicted octanol–water partition coefficient (Wildman–Crippen LogP) is 0.283. The second kappa shape index (κ2) is 9.38. The van der Waals surface area contributed by atoms with Gasteiger partial charge in [-0.1, -0.05) is 19.3 Å². The van der Waals surface area contributed by atoms with Gasteiger partial charge in [-0.05, 0) is 38.5 Å². The fourth-order valence-corrected chi connectivity index (χ4v) is 4.92. The lowest BCUT2D eigenvalue weighted by Crippen LogP contribution is -2.43. The number of nitrogens with two attached hydrogens (primary N) is 2. The predicted molar refractivity (Wildman–Crippen MR) is 98.4 cm³/mol. The van der Waals surface area contributed by atoms with Crippen molar-refractivity contribution in [3.05, 3.63) is 0 Å². The van der Waals surface area contributed by atoms with Crippen molar-refractivity contribution in [2.75, 3.05) is 19.6 Å². The van der Waals surface area contributed by atoms with Crippen LogP contribution in [0.4, 0.5) is 0 Å². The molecule has 1 amide bonds. The summed E-state index contributed by atoms with van der Waals surface area (Å²) in [5.41, 5.74) is 11.6. The lowest BCUT2D eigenvalue weighted by atomic mass is 10.0. The molecule has 1 saturated carbocycles. The van der Waals surface area contributed by atoms with Gasteiger partial charge in [-0.3, -0.25) is 14.5 Å². The van der Waals surface area contributed by atoms with Gasteiger partial charge in [-0.2, -0.15) is 0 Å². The maximum atomic E-state index is 12.2. The molecule has 1 atom stereocenters. The van der Waals surface area contributed by atoms with Crippen molar-refractivity contribution in [2.45, 2.75) is 69.1 Å². The first-order valence-corrected chi connectivity index (χ1v) is 10.8. The topological polar surface area (TPSA) is 131 Å². The number of carbonyl (C=O) groups is 1. The molecule has 144 valence electrons. The number of aliphatic imine (C=N–C) groups is 1. The molecule has 0 unspecified atom stereocenters. The lowest BCUT2D eigenvalue weighted by Gasteiger charge is -2.22. The molecule has 0 radical (unpaired) electrons. The first-order chi connectivity index (χ1) is 11.9. The minimum Gasteiger partial charge on any atom is -0.369 e. The van der Waals surface area contributed by atoms with E-state index in [4.69, 9.17) is 11.5 Å². The highest BCUT2D eigenvalue weighted by molar-refractivity contribution is 7.90. The molecule has 8 nitrogen and oxygen atoms in total. The van der Waals surface area contributed by atoms with Gasteiger partial charge in [0.15, 0.2) is 0 Å². The zero-order valence-electron chi connectivity index (χ0n) is 14.8. The van der Waals surface area contributed by atoms with Crippen LogP contribution in [0, 0.1) is 0 Å². The number of sulfonamides is 1. The second-order valence-electron chi connectivity index (χ2n) is 6.96. The second-order valence-corrected chi connectivity index (χ2v) is 8.92. The Morgan fingerprint density at radius 1 is 1.16 bits per heavy atom. The fourth-order valence-electron chi connectivity index (χ4n) is 3.44. The molecule has 1 aliphatic carbocycles. The van der Waals surface area contributed by atoms with Gasteiger partial charge in [0.1, 0.15) is 0 Å². The molecule has 1 saturated heterocycles. The highest BCUT2D eigenvalue weighted by atomic mass is 32.2. The maximum Gasteiger partial charge on any atom is 0.239 e. The van der Waals surface area contributed by atoms with Crippen LogP contribution in [0.1, 0.15) is 57.8 Å². The summed E-state index contributed by atoms with van der Waals surface area (Å²) >= 11 is 0. The first kappa shape index (κ1) is 20.0. The zero-order valence-corrected chi connectivity index (χ0v) is 15.6. The Balaban J connectivity index is 1.70. The molecule has 0 aromatic rings. The van der Waals surface area contributed by atoms with Crippen LogP contribution in [0.5, 0.6) is 0 Å². The molecular formula is C16H31N5O3S. The Morgan fingerprint density at radius 3 is 2.44 bits per heavy atom. The number of likely N-dealkylation sites (tertiary alicyclic amines) is 1. The summed E-state index contributed by atoms with van der Waals surface area (Å²) in [6, 6.07) is -0.520. The SMILES string of the molecule is NC(=NCCC[C@H](N)C(=O)N1CCCC1)NS(=O)(=O)C1CCCCC1. The van der Waals surface area contributed by atoms with Gasteiger partial charge in [0.05, 0.1) is 11.3 Å². The van der Waals surface area contributed by atoms with Gasteiger partial charge < -0.3 is 16.4 Å². The van der Waals surface area contributed by atoms with Gasteiger partial charge in [-0.15, -0.1) is 0 Å². The Morgan fingerprint density at radius 2 is 1.80 bits per heavy atom. The molecule has 2 aliphatic rings. The summed E-state index contributed by atoms with van der Waals surface area (Å²) < 4.78 is 26.8. The average Bonchev–Trinajstić information content (AvgIpc) is 3.13. The van der Waals surface area contributed by atoms with Gasteiger partial charge in [-0.25, -0.2) is 8.42 Å². The molecule has 0 bridgehead atoms. The zero-order chi connectivity index (χ0) is 18.3. The molecule has 0 aromatic heterocycles. The Bertz CT molecular complexity index is 566. The maximum absolute atomic E-state index is 12.2. The van der Waals surface area contributed by atoms with Crippen molar-refractivity contribution >= 4 is 21.9 Å². The number of guanidine groups is 1. The molecule has 25 heavy (non-hydrogen) atoms. The smallest absolute Gasteiger partial charge is 0.239 e. The summed E-state index contributed by atoms with van der Waals surface area (Å²) in [4.78, 5) is 17.9. The van der Waals surface area contributed by atoms with E-state index >= 15 is 0 Å². The number of hydrogen-bond acceptors (Lipinski definition) is 5. The molecule has 5 N–H and O–H groups in total. The number of carbonyl (C=O) groups excluding carboxylic acids is 1. The molecule has 2 rings (SSSR count). The van der Waals surface area contributed by atoms with Crippen molar-refractivity contribution in [1.82, 2.24) is 9.62 Å². The standard InChI is InChI=1S/C16H31N5O3S/c17-14(15(22)21-11-4-5-12-21)9-6-10-19-16(18)20-25(23,24)13-7-2-1-3-8-13/h13-14H,1-12,17H2,(H3,18,19,20)/t14-/m0/s1. The highest BCUT2D eigenvalue weighted by Crippen LogP contribution is 2.22. The summed E-state index contributed by atoms with van der Waals surface area (Å²) in [6.45, 7) is 1.93. The van der Waals surface area contributed by atoms with Crippen LogP contribution in [0.25, 0.3) is 0 Å². The van der Waals surface area contributed by atoms with Crippen LogP contribution in [0.2, 0.25) is 0 Å². The number of rotatable bonds is 7. The highest BCUT2D eigenvalue weighted by Gasteiger charge is 2.27. The number of nitrogens with one attached hydrogen (secondary N) is 1. The molecule has 1 heterocycles. The van der Waals surface area contributed by atoms with Crippen LogP contribution >= 0.6 is 0 Å². The number of hydrogen-bond donors (Lipinski definition) is 3. The van der Waals surface area contributed by atoms with Crippen molar-refractivity contribution in [3.8, 4) is 0 Å². The third kappa shape index (κ3) is 6.14. The molecule has 0 spiro atoms. The largest absolute Gasteiger partial charge is 0.369 e. The molecule has 9 heteroatoms. The molecule has 0 aromatic carbocycles. The summed E-state index contributed by atoms with van der Waals surface area (Å²) in [5.74, 6) is -0.0857. The summed E-state index contributed by atoms with van der Waals surface area (Å²) in [6.07, 6.45) is 7.50. The fraction of sp³-hybridized carbons (Fsp3) is 0.875. The summed E-state index contributed by atoms with van der Waals surface area (Å²) in [7, 11) is -3.45. The first-order valence-electron chi connectivity index (χ1n) is 9.26. The van der Waals surface area contributed by atoms with Crippen molar-refractivity contribution < 1.29 is 13.2 Å². The van der Waals surface area contributed by atoms with Crippen molar-refractivity contribution in [2.24, 2.45) is 16.5 Å². The summed E-state index contributed by atoms with van der Waals surface area (Å²) in [5, 5.41) is -0.374. The normalized spacial score (nSPS) is 21.3. The van der Waals surface area contributed by atoms with E-state index < -0.39 is 16.1 Å². The van der Waals surface area contributed by atoms with Crippen molar-refractivity contribution in [3.63, 3.8) is 0 Å². The Kier molecular flexibility index (Phi) is 7.49. The lowest BCUT2D eigenvalue weighted by molar-refractivity contribution is -0.131. The van der Waals surface area contributed by atoms with Gasteiger partial charge in [0.25, 0.3) is 0 Å². The molecular weight excluding hydrogens is 342 g/mol. The van der Waals surface area contributed by atoms with Crippen LogP contribution in [-0.2, 0) is 14.8 Å². The van der Waals surface area contributed by atoms with Crippen LogP contribution < -0.4 is 16.2 Å². The van der Waals surface area contributed by atoms with E-state index in [1.165, 1.54) is 0 Å². The monoisotopic (exact) mass is 373 g/mol. The Hall–Kier alpha value is -1.35. The van der Waals surface area contributed by atoms with E-state index in [0.717, 1.165) is 45.2 Å². The van der Waals surface area contributed by atoms with E-state index in [9.17, 15) is 13.2 Å². The third-order valence-electron chi connectivity index (χ3n) is 4.93. The molecule has 1 aliphatic heterocycles. The Labute approximate surface area is 150 Å². The molecule has 2 fully saturated rings. The van der Waals surface area contributed by atoms with Crippen LogP contribution in [0.15, 0.2) is 4.99 Å².